The van der Waals surface area contributed by atoms with Crippen molar-refractivity contribution in [2.75, 3.05) is 0 Å². The average molecular weight is 395 g/mol. The largest absolute Gasteiger partial charge is 0.478 e. The molecule has 0 heterocycles. The van der Waals surface area contributed by atoms with E-state index in [9.17, 15) is 4.79 Å². The summed E-state index contributed by atoms with van der Waals surface area (Å²) in [5, 5.41) is 9.10. The lowest BCUT2D eigenvalue weighted by Gasteiger charge is -2.42. The molecule has 0 fully saturated rings. The van der Waals surface area contributed by atoms with Crippen molar-refractivity contribution in [1.29, 1.82) is 0 Å². The molecule has 0 aliphatic carbocycles. The lowest BCUT2D eigenvalue weighted by molar-refractivity contribution is -0.132. The van der Waals surface area contributed by atoms with Crippen molar-refractivity contribution in [3.8, 4) is 0 Å². The summed E-state index contributed by atoms with van der Waals surface area (Å²) in [4.78, 5) is 11.1. The Kier molecular flexibility index (Phi) is 7.88. The molecule has 23 heavy (non-hydrogen) atoms. The van der Waals surface area contributed by atoms with E-state index in [1.165, 1.54) is 0 Å². The van der Waals surface area contributed by atoms with Crippen LogP contribution in [0.2, 0.25) is 65.0 Å². The summed E-state index contributed by atoms with van der Waals surface area (Å²) in [7, 11) is -8.69. The summed E-state index contributed by atoms with van der Waals surface area (Å²) in [6, 6.07) is 0.483. The SMILES string of the molecule is C=C(CC[Si](O[Si](C)(C)C)(O[Si](C)(C)C)O[Si](C)(C)C)C(=O)O. The van der Waals surface area contributed by atoms with E-state index < -0.39 is 39.7 Å². The van der Waals surface area contributed by atoms with E-state index in [4.69, 9.17) is 17.5 Å². The molecule has 0 bridgehead atoms. The number of carbonyl (C=O) groups is 1. The van der Waals surface area contributed by atoms with Gasteiger partial charge in [-0.3, -0.25) is 0 Å². The number of hydrogen-bond donors (Lipinski definition) is 1. The van der Waals surface area contributed by atoms with Gasteiger partial charge in [0.25, 0.3) is 0 Å². The highest BCUT2D eigenvalue weighted by atomic mass is 28.5. The van der Waals surface area contributed by atoms with E-state index in [2.05, 4.69) is 65.5 Å². The molecule has 136 valence electrons. The van der Waals surface area contributed by atoms with Crippen LogP contribution in [0.3, 0.4) is 0 Å². The van der Waals surface area contributed by atoms with Crippen molar-refractivity contribution >= 4 is 39.7 Å². The van der Waals surface area contributed by atoms with Crippen LogP contribution >= 0.6 is 0 Å². The van der Waals surface area contributed by atoms with Gasteiger partial charge < -0.3 is 17.5 Å². The van der Waals surface area contributed by atoms with Gasteiger partial charge in [-0.25, -0.2) is 4.79 Å². The molecular weight excluding hydrogens is 360 g/mol. The van der Waals surface area contributed by atoms with Crippen LogP contribution in [0.4, 0.5) is 0 Å². The van der Waals surface area contributed by atoms with Crippen LogP contribution in [0.5, 0.6) is 0 Å². The van der Waals surface area contributed by atoms with Gasteiger partial charge >= 0.3 is 14.8 Å². The quantitative estimate of drug-likeness (QED) is 0.436. The first-order valence-corrected chi connectivity index (χ1v) is 20.1. The Hall–Kier alpha value is -0.0425. The van der Waals surface area contributed by atoms with Gasteiger partial charge in [0.2, 0.25) is 0 Å². The molecule has 9 heteroatoms. The first kappa shape index (κ1) is 23.0. The van der Waals surface area contributed by atoms with Crippen LogP contribution in [-0.2, 0) is 17.1 Å². The van der Waals surface area contributed by atoms with Crippen molar-refractivity contribution < 1.29 is 22.2 Å². The normalized spacial score (nSPS) is 14.0. The van der Waals surface area contributed by atoms with Crippen LogP contribution < -0.4 is 0 Å². The molecule has 0 aromatic heterocycles. The summed E-state index contributed by atoms with van der Waals surface area (Å²) in [6.45, 7) is 22.7. The number of carboxylic acid groups (broad SMARTS) is 1. The Morgan fingerprint density at radius 1 is 0.826 bits per heavy atom. The van der Waals surface area contributed by atoms with Crippen LogP contribution in [0, 0.1) is 0 Å². The highest BCUT2D eigenvalue weighted by molar-refractivity contribution is 6.90. The summed E-state index contributed by atoms with van der Waals surface area (Å²) < 4.78 is 19.4. The lowest BCUT2D eigenvalue weighted by Crippen LogP contribution is -2.60. The smallest absolute Gasteiger partial charge is 0.469 e. The molecule has 0 aromatic rings. The third-order valence-electron chi connectivity index (χ3n) is 2.42. The van der Waals surface area contributed by atoms with E-state index in [0.717, 1.165) is 0 Å². The minimum absolute atomic E-state index is 0.180. The maximum absolute atomic E-state index is 11.1. The fourth-order valence-corrected chi connectivity index (χ4v) is 16.7. The van der Waals surface area contributed by atoms with Crippen LogP contribution in [-0.4, -0.2) is 44.8 Å². The van der Waals surface area contributed by atoms with E-state index >= 15 is 0 Å². The summed E-state index contributed by atoms with van der Waals surface area (Å²) in [6.07, 6.45) is 0.334. The standard InChI is InChI=1S/C14H34O5Si4/c1-13(14(15)16)11-12-23(17-20(2,3)4,18-21(5,6)7)19-22(8,9)10/h1,11-12H2,2-10H3,(H,15,16). The zero-order valence-corrected chi connectivity index (χ0v) is 20.2. The molecule has 5 nitrogen and oxygen atoms in total. The Balaban J connectivity index is 5.62. The number of hydrogen-bond acceptors (Lipinski definition) is 4. The molecule has 0 radical (unpaired) electrons. The number of rotatable bonds is 10. The zero-order valence-electron chi connectivity index (χ0n) is 16.2. The van der Waals surface area contributed by atoms with Gasteiger partial charge in [-0.15, -0.1) is 0 Å². The van der Waals surface area contributed by atoms with Crippen molar-refractivity contribution in [2.24, 2.45) is 0 Å². The molecule has 0 spiro atoms. The molecule has 0 aliphatic rings. The molecule has 0 unspecified atom stereocenters. The zero-order chi connectivity index (χ0) is 18.7. The van der Waals surface area contributed by atoms with Gasteiger partial charge in [-0.2, -0.15) is 0 Å². The highest BCUT2D eigenvalue weighted by Gasteiger charge is 2.49. The van der Waals surface area contributed by atoms with Gasteiger partial charge in [0.1, 0.15) is 0 Å². The molecule has 0 rings (SSSR count). The fraction of sp³-hybridized carbons (Fsp3) is 0.786. The first-order chi connectivity index (χ1) is 9.95. The predicted molar refractivity (Wildman–Crippen MR) is 105 cm³/mol. The van der Waals surface area contributed by atoms with E-state index in [1.807, 2.05) is 0 Å². The van der Waals surface area contributed by atoms with Crippen molar-refractivity contribution in [3.05, 3.63) is 12.2 Å². The topological polar surface area (TPSA) is 65.0 Å². The Labute approximate surface area is 145 Å². The Bertz CT molecular complexity index is 391. The third-order valence-corrected chi connectivity index (χ3v) is 14.4. The predicted octanol–water partition coefficient (Wildman–Crippen LogP) is 4.51. The highest BCUT2D eigenvalue weighted by Crippen LogP contribution is 2.30. The summed E-state index contributed by atoms with van der Waals surface area (Å²) in [5.41, 5.74) is 0.180. The molecule has 0 saturated heterocycles. The van der Waals surface area contributed by atoms with Gasteiger partial charge in [-0.1, -0.05) is 6.58 Å². The van der Waals surface area contributed by atoms with E-state index in [-0.39, 0.29) is 5.57 Å². The van der Waals surface area contributed by atoms with Crippen LogP contribution in [0.1, 0.15) is 6.42 Å². The molecule has 0 aromatic carbocycles. The second kappa shape index (κ2) is 7.89. The maximum atomic E-state index is 11.1. The van der Waals surface area contributed by atoms with E-state index in [0.29, 0.717) is 12.5 Å². The van der Waals surface area contributed by atoms with Gasteiger partial charge in [-0.05, 0) is 65.3 Å². The molecule has 1 N–H and O–H groups in total. The van der Waals surface area contributed by atoms with Crippen molar-refractivity contribution in [1.82, 2.24) is 0 Å². The van der Waals surface area contributed by atoms with Gasteiger partial charge in [0, 0.05) is 11.6 Å². The van der Waals surface area contributed by atoms with Gasteiger partial charge in [0.05, 0.1) is 0 Å². The minimum atomic E-state index is -2.95. The second-order valence-electron chi connectivity index (χ2n) is 8.74. The monoisotopic (exact) mass is 394 g/mol. The first-order valence-electron chi connectivity index (χ1n) is 7.96. The molecule has 0 aliphatic heterocycles. The third kappa shape index (κ3) is 11.2. The second-order valence-corrected chi connectivity index (χ2v) is 25.7. The summed E-state index contributed by atoms with van der Waals surface area (Å²) >= 11 is 0. The van der Waals surface area contributed by atoms with Crippen LogP contribution in [0.25, 0.3) is 0 Å². The lowest BCUT2D eigenvalue weighted by atomic mass is 10.2. The molecule has 0 saturated carbocycles. The molecule has 0 atom stereocenters. The number of aliphatic carboxylic acids is 1. The average Bonchev–Trinajstić information content (AvgIpc) is 2.17. The van der Waals surface area contributed by atoms with Gasteiger partial charge in [0.15, 0.2) is 25.0 Å². The summed E-state index contributed by atoms with van der Waals surface area (Å²) in [5.74, 6) is -0.970. The number of carboxylic acids is 1. The Morgan fingerprint density at radius 3 is 1.35 bits per heavy atom. The molecular formula is C14H34O5Si4. The molecule has 0 amide bonds. The fourth-order valence-electron chi connectivity index (χ4n) is 2.03. The maximum Gasteiger partial charge on any atom is 0.469 e. The van der Waals surface area contributed by atoms with Crippen molar-refractivity contribution in [2.45, 2.75) is 71.4 Å². The van der Waals surface area contributed by atoms with E-state index in [1.54, 1.807) is 0 Å². The Morgan fingerprint density at radius 2 is 1.13 bits per heavy atom. The van der Waals surface area contributed by atoms with Crippen LogP contribution in [0.15, 0.2) is 12.2 Å². The minimum Gasteiger partial charge on any atom is -0.478 e. The van der Waals surface area contributed by atoms with Crippen molar-refractivity contribution in [3.63, 3.8) is 0 Å².